The van der Waals surface area contributed by atoms with Crippen LogP contribution < -0.4 is 5.32 Å². The second-order valence-corrected chi connectivity index (χ2v) is 5.36. The van der Waals surface area contributed by atoms with Gasteiger partial charge in [0.2, 0.25) is 0 Å². The Morgan fingerprint density at radius 1 is 0.850 bits per heavy atom. The predicted octanol–water partition coefficient (Wildman–Crippen LogP) is 3.85. The van der Waals surface area contributed by atoms with Gasteiger partial charge >= 0.3 is 0 Å². The molecule has 0 aliphatic rings. The molecule has 0 unspecified atom stereocenters. The standard InChI is InChI=1S/C18H23NO/c1-14(13-18(20)17-11-7-4-8-12-17)19-15(2)16-9-5-3-6-10-16/h3-12,14-15,18-20H,13H2,1-2H3/t14-,15-,18-/m1/s1. The molecule has 2 nitrogen and oxygen atoms in total. The second kappa shape index (κ2) is 7.22. The van der Waals surface area contributed by atoms with Crippen LogP contribution in [0.25, 0.3) is 0 Å². The zero-order valence-corrected chi connectivity index (χ0v) is 12.2. The average Bonchev–Trinajstić information content (AvgIpc) is 2.49. The summed E-state index contributed by atoms with van der Waals surface area (Å²) < 4.78 is 0. The van der Waals surface area contributed by atoms with Crippen LogP contribution in [0.1, 0.15) is 43.5 Å². The van der Waals surface area contributed by atoms with Crippen molar-refractivity contribution < 1.29 is 5.11 Å². The molecule has 106 valence electrons. The van der Waals surface area contributed by atoms with Crippen molar-refractivity contribution in [3.63, 3.8) is 0 Å². The van der Waals surface area contributed by atoms with Crippen molar-refractivity contribution >= 4 is 0 Å². The highest BCUT2D eigenvalue weighted by molar-refractivity contribution is 5.19. The smallest absolute Gasteiger partial charge is 0.0804 e. The molecular weight excluding hydrogens is 246 g/mol. The molecule has 20 heavy (non-hydrogen) atoms. The SMILES string of the molecule is C[C@H](C[C@@H](O)c1ccccc1)N[C@H](C)c1ccccc1. The third-order valence-corrected chi connectivity index (χ3v) is 3.60. The molecule has 0 saturated carbocycles. The summed E-state index contributed by atoms with van der Waals surface area (Å²) in [4.78, 5) is 0. The number of hydrogen-bond acceptors (Lipinski definition) is 2. The number of nitrogens with one attached hydrogen (secondary N) is 1. The molecule has 0 bridgehead atoms. The van der Waals surface area contributed by atoms with Crippen LogP contribution in [-0.4, -0.2) is 11.1 Å². The molecule has 0 radical (unpaired) electrons. The highest BCUT2D eigenvalue weighted by atomic mass is 16.3. The molecule has 3 atom stereocenters. The van der Waals surface area contributed by atoms with Gasteiger partial charge in [-0.1, -0.05) is 60.7 Å². The van der Waals surface area contributed by atoms with Crippen molar-refractivity contribution in [3.8, 4) is 0 Å². The maximum atomic E-state index is 10.2. The van der Waals surface area contributed by atoms with Crippen LogP contribution in [0.4, 0.5) is 0 Å². The minimum atomic E-state index is -0.415. The van der Waals surface area contributed by atoms with E-state index in [9.17, 15) is 5.11 Å². The van der Waals surface area contributed by atoms with Crippen molar-refractivity contribution in [1.82, 2.24) is 5.32 Å². The summed E-state index contributed by atoms with van der Waals surface area (Å²) in [6.45, 7) is 4.27. The normalized spacial score (nSPS) is 15.6. The Morgan fingerprint density at radius 2 is 1.35 bits per heavy atom. The summed E-state index contributed by atoms with van der Waals surface area (Å²) in [5, 5.41) is 13.8. The molecule has 0 heterocycles. The van der Waals surface area contributed by atoms with E-state index in [1.165, 1.54) is 5.56 Å². The zero-order chi connectivity index (χ0) is 14.4. The van der Waals surface area contributed by atoms with E-state index in [2.05, 4.69) is 43.4 Å². The molecule has 2 aromatic carbocycles. The van der Waals surface area contributed by atoms with Crippen LogP contribution in [0, 0.1) is 0 Å². The number of rotatable bonds is 6. The molecule has 0 amide bonds. The number of aliphatic hydroxyl groups is 1. The fraction of sp³-hybridized carbons (Fsp3) is 0.333. The van der Waals surface area contributed by atoms with Crippen LogP contribution in [0.5, 0.6) is 0 Å². The first-order valence-electron chi connectivity index (χ1n) is 7.21. The fourth-order valence-corrected chi connectivity index (χ4v) is 2.48. The van der Waals surface area contributed by atoms with Gasteiger partial charge in [0.15, 0.2) is 0 Å². The van der Waals surface area contributed by atoms with Gasteiger partial charge in [0.25, 0.3) is 0 Å². The molecule has 2 heteroatoms. The number of benzene rings is 2. The van der Waals surface area contributed by atoms with Crippen LogP contribution in [0.15, 0.2) is 60.7 Å². The lowest BCUT2D eigenvalue weighted by Gasteiger charge is -2.22. The highest BCUT2D eigenvalue weighted by Gasteiger charge is 2.14. The topological polar surface area (TPSA) is 32.3 Å². The molecular formula is C18H23NO. The first-order chi connectivity index (χ1) is 9.66. The van der Waals surface area contributed by atoms with E-state index in [-0.39, 0.29) is 12.1 Å². The van der Waals surface area contributed by atoms with E-state index >= 15 is 0 Å². The van der Waals surface area contributed by atoms with E-state index in [0.29, 0.717) is 6.42 Å². The number of hydrogen-bond donors (Lipinski definition) is 2. The van der Waals surface area contributed by atoms with Gasteiger partial charge in [-0.3, -0.25) is 0 Å². The monoisotopic (exact) mass is 269 g/mol. The lowest BCUT2D eigenvalue weighted by atomic mass is 10.0. The minimum Gasteiger partial charge on any atom is -0.388 e. The maximum absolute atomic E-state index is 10.2. The maximum Gasteiger partial charge on any atom is 0.0804 e. The molecule has 0 fully saturated rings. The van der Waals surface area contributed by atoms with E-state index in [4.69, 9.17) is 0 Å². The van der Waals surface area contributed by atoms with Crippen molar-refractivity contribution in [1.29, 1.82) is 0 Å². The Bertz CT molecular complexity index is 450. The van der Waals surface area contributed by atoms with E-state index in [1.807, 2.05) is 36.4 Å². The summed E-state index contributed by atoms with van der Waals surface area (Å²) in [7, 11) is 0. The molecule has 0 spiro atoms. The Balaban J connectivity index is 1.88. The first kappa shape index (κ1) is 14.8. The summed E-state index contributed by atoms with van der Waals surface area (Å²) >= 11 is 0. The third kappa shape index (κ3) is 4.19. The molecule has 2 N–H and O–H groups in total. The summed E-state index contributed by atoms with van der Waals surface area (Å²) in [6, 6.07) is 20.7. The predicted molar refractivity (Wildman–Crippen MR) is 83.5 cm³/mol. The van der Waals surface area contributed by atoms with Crippen LogP contribution in [0.3, 0.4) is 0 Å². The van der Waals surface area contributed by atoms with E-state index in [0.717, 1.165) is 5.56 Å². The Hall–Kier alpha value is -1.64. The molecule has 0 aliphatic carbocycles. The van der Waals surface area contributed by atoms with Crippen molar-refractivity contribution in [2.24, 2.45) is 0 Å². The summed E-state index contributed by atoms with van der Waals surface area (Å²) in [6.07, 6.45) is 0.294. The second-order valence-electron chi connectivity index (χ2n) is 5.36. The van der Waals surface area contributed by atoms with Gasteiger partial charge in [0, 0.05) is 12.1 Å². The van der Waals surface area contributed by atoms with Gasteiger partial charge in [-0.25, -0.2) is 0 Å². The van der Waals surface area contributed by atoms with Crippen molar-refractivity contribution in [2.75, 3.05) is 0 Å². The Morgan fingerprint density at radius 3 is 1.90 bits per heavy atom. The van der Waals surface area contributed by atoms with Gasteiger partial charge in [0.05, 0.1) is 6.10 Å². The van der Waals surface area contributed by atoms with E-state index in [1.54, 1.807) is 0 Å². The summed E-state index contributed by atoms with van der Waals surface area (Å²) in [5.74, 6) is 0. The molecule has 0 aliphatic heterocycles. The van der Waals surface area contributed by atoms with Gasteiger partial charge in [-0.15, -0.1) is 0 Å². The fourth-order valence-electron chi connectivity index (χ4n) is 2.48. The van der Waals surface area contributed by atoms with E-state index < -0.39 is 6.10 Å². The molecule has 0 aromatic heterocycles. The molecule has 0 saturated heterocycles. The van der Waals surface area contributed by atoms with Crippen molar-refractivity contribution in [2.45, 2.75) is 38.5 Å². The largest absolute Gasteiger partial charge is 0.388 e. The molecule has 2 rings (SSSR count). The Labute approximate surface area is 121 Å². The molecule has 2 aromatic rings. The van der Waals surface area contributed by atoms with Crippen LogP contribution in [-0.2, 0) is 0 Å². The third-order valence-electron chi connectivity index (χ3n) is 3.60. The Kier molecular flexibility index (Phi) is 5.33. The van der Waals surface area contributed by atoms with Crippen LogP contribution >= 0.6 is 0 Å². The lowest BCUT2D eigenvalue weighted by molar-refractivity contribution is 0.152. The average molecular weight is 269 g/mol. The quantitative estimate of drug-likeness (QED) is 0.835. The summed E-state index contributed by atoms with van der Waals surface area (Å²) in [5.41, 5.74) is 2.25. The van der Waals surface area contributed by atoms with Crippen LogP contribution in [0.2, 0.25) is 0 Å². The van der Waals surface area contributed by atoms with Gasteiger partial charge < -0.3 is 10.4 Å². The van der Waals surface area contributed by atoms with Gasteiger partial charge in [0.1, 0.15) is 0 Å². The minimum absolute atomic E-state index is 0.250. The lowest BCUT2D eigenvalue weighted by Crippen LogP contribution is -2.30. The van der Waals surface area contributed by atoms with Gasteiger partial charge in [-0.05, 0) is 31.4 Å². The van der Waals surface area contributed by atoms with Crippen molar-refractivity contribution in [3.05, 3.63) is 71.8 Å². The zero-order valence-electron chi connectivity index (χ0n) is 12.2. The highest BCUT2D eigenvalue weighted by Crippen LogP contribution is 2.20. The van der Waals surface area contributed by atoms with Gasteiger partial charge in [-0.2, -0.15) is 0 Å². The first-order valence-corrected chi connectivity index (χ1v) is 7.21. The number of aliphatic hydroxyl groups excluding tert-OH is 1.